The van der Waals surface area contributed by atoms with Crippen LogP contribution in [0.1, 0.15) is 30.3 Å². The van der Waals surface area contributed by atoms with Crippen LogP contribution in [0, 0.1) is 0 Å². The van der Waals surface area contributed by atoms with Gasteiger partial charge >= 0.3 is 5.97 Å². The summed E-state index contributed by atoms with van der Waals surface area (Å²) in [5, 5.41) is 9.15. The Bertz CT molecular complexity index is 379. The first kappa shape index (κ1) is 11.5. The zero-order valence-corrected chi connectivity index (χ0v) is 9.50. The van der Waals surface area contributed by atoms with Crippen molar-refractivity contribution in [3.8, 4) is 0 Å². The SMILES string of the molecule is O=C(O)CCc1cc(Cl)c(C2CCOC2)o1. The number of ether oxygens (including phenoxy) is 1. The third-order valence-corrected chi connectivity index (χ3v) is 2.95. The highest BCUT2D eigenvalue weighted by atomic mass is 35.5. The van der Waals surface area contributed by atoms with Crippen molar-refractivity contribution < 1.29 is 19.1 Å². The zero-order chi connectivity index (χ0) is 11.5. The van der Waals surface area contributed by atoms with Crippen molar-refractivity contribution in [2.75, 3.05) is 13.2 Å². The van der Waals surface area contributed by atoms with Crippen molar-refractivity contribution in [2.45, 2.75) is 25.2 Å². The molecule has 1 aromatic heterocycles. The van der Waals surface area contributed by atoms with Crippen molar-refractivity contribution in [1.29, 1.82) is 0 Å². The van der Waals surface area contributed by atoms with E-state index in [1.54, 1.807) is 6.07 Å². The van der Waals surface area contributed by atoms with E-state index >= 15 is 0 Å². The zero-order valence-electron chi connectivity index (χ0n) is 8.74. The second kappa shape index (κ2) is 4.89. The number of carboxylic acid groups (broad SMARTS) is 1. The van der Waals surface area contributed by atoms with Gasteiger partial charge in [0.15, 0.2) is 0 Å². The van der Waals surface area contributed by atoms with Crippen LogP contribution in [0.5, 0.6) is 0 Å². The molecule has 0 aliphatic carbocycles. The summed E-state index contributed by atoms with van der Waals surface area (Å²) in [6.07, 6.45) is 1.35. The molecule has 2 heterocycles. The van der Waals surface area contributed by atoms with Crippen molar-refractivity contribution in [3.63, 3.8) is 0 Å². The highest BCUT2D eigenvalue weighted by Crippen LogP contribution is 2.33. The summed E-state index contributed by atoms with van der Waals surface area (Å²) in [6.45, 7) is 1.36. The van der Waals surface area contributed by atoms with Crippen LogP contribution in [0.25, 0.3) is 0 Å². The third kappa shape index (κ3) is 2.57. The smallest absolute Gasteiger partial charge is 0.303 e. The molecule has 1 aliphatic heterocycles. The molecule has 1 atom stereocenters. The minimum atomic E-state index is -0.835. The lowest BCUT2D eigenvalue weighted by atomic mass is 10.1. The molecular formula is C11H13ClO4. The van der Waals surface area contributed by atoms with Crippen LogP contribution in [-0.4, -0.2) is 24.3 Å². The second-order valence-electron chi connectivity index (χ2n) is 3.88. The van der Waals surface area contributed by atoms with E-state index in [1.807, 2.05) is 0 Å². The molecule has 88 valence electrons. The summed E-state index contributed by atoms with van der Waals surface area (Å²) in [4.78, 5) is 10.4. The lowest BCUT2D eigenvalue weighted by Gasteiger charge is -2.03. The fourth-order valence-corrected chi connectivity index (χ4v) is 2.12. The van der Waals surface area contributed by atoms with E-state index in [0.717, 1.165) is 18.8 Å². The predicted molar refractivity (Wildman–Crippen MR) is 57.9 cm³/mol. The molecule has 2 rings (SSSR count). The molecule has 1 saturated heterocycles. The van der Waals surface area contributed by atoms with Crippen LogP contribution < -0.4 is 0 Å². The third-order valence-electron chi connectivity index (χ3n) is 2.65. The summed E-state index contributed by atoms with van der Waals surface area (Å²) in [6, 6.07) is 1.71. The van der Waals surface area contributed by atoms with Crippen LogP contribution >= 0.6 is 11.6 Å². The van der Waals surface area contributed by atoms with E-state index in [-0.39, 0.29) is 12.3 Å². The van der Waals surface area contributed by atoms with Crippen LogP contribution in [0.2, 0.25) is 5.02 Å². The van der Waals surface area contributed by atoms with Gasteiger partial charge in [0.05, 0.1) is 18.1 Å². The van der Waals surface area contributed by atoms with Crippen LogP contribution in [0.4, 0.5) is 0 Å². The van der Waals surface area contributed by atoms with E-state index in [2.05, 4.69) is 0 Å². The highest BCUT2D eigenvalue weighted by molar-refractivity contribution is 6.31. The van der Waals surface area contributed by atoms with E-state index in [1.165, 1.54) is 0 Å². The number of hydrogen-bond acceptors (Lipinski definition) is 3. The molecular weight excluding hydrogens is 232 g/mol. The molecule has 0 radical (unpaired) electrons. The van der Waals surface area contributed by atoms with Gasteiger partial charge in [-0.15, -0.1) is 0 Å². The van der Waals surface area contributed by atoms with Gasteiger partial charge in [0.1, 0.15) is 11.5 Å². The molecule has 1 aliphatic rings. The molecule has 0 bridgehead atoms. The number of halogens is 1. The van der Waals surface area contributed by atoms with E-state index < -0.39 is 5.97 Å². The van der Waals surface area contributed by atoms with Gasteiger partial charge in [0.2, 0.25) is 0 Å². The van der Waals surface area contributed by atoms with Gasteiger partial charge in [-0.1, -0.05) is 11.6 Å². The quantitative estimate of drug-likeness (QED) is 0.884. The van der Waals surface area contributed by atoms with E-state index in [0.29, 0.717) is 23.8 Å². The average Bonchev–Trinajstić information content (AvgIpc) is 2.83. The molecule has 1 N–H and O–H groups in total. The first-order valence-electron chi connectivity index (χ1n) is 5.24. The number of hydrogen-bond donors (Lipinski definition) is 1. The first-order valence-corrected chi connectivity index (χ1v) is 5.62. The maximum atomic E-state index is 10.4. The Labute approximate surface area is 98.1 Å². The maximum Gasteiger partial charge on any atom is 0.303 e. The molecule has 0 aromatic carbocycles. The van der Waals surface area contributed by atoms with E-state index in [4.69, 9.17) is 25.9 Å². The first-order chi connectivity index (χ1) is 7.66. The normalized spacial score (nSPS) is 20.2. The Balaban J connectivity index is 2.05. The largest absolute Gasteiger partial charge is 0.481 e. The molecule has 16 heavy (non-hydrogen) atoms. The fraction of sp³-hybridized carbons (Fsp3) is 0.545. The molecule has 5 heteroatoms. The van der Waals surface area contributed by atoms with Gasteiger partial charge in [0, 0.05) is 18.9 Å². The second-order valence-corrected chi connectivity index (χ2v) is 4.29. The van der Waals surface area contributed by atoms with E-state index in [9.17, 15) is 4.79 Å². The number of aliphatic carboxylic acids is 1. The van der Waals surface area contributed by atoms with Gasteiger partial charge in [-0.3, -0.25) is 4.79 Å². The topological polar surface area (TPSA) is 59.7 Å². The van der Waals surface area contributed by atoms with Crippen molar-refractivity contribution in [3.05, 3.63) is 22.6 Å². The summed E-state index contributed by atoms with van der Waals surface area (Å²) >= 11 is 6.04. The van der Waals surface area contributed by atoms with Crippen LogP contribution in [0.15, 0.2) is 10.5 Å². The van der Waals surface area contributed by atoms with Gasteiger partial charge in [-0.2, -0.15) is 0 Å². The van der Waals surface area contributed by atoms with Gasteiger partial charge < -0.3 is 14.3 Å². The standard InChI is InChI=1S/C11H13ClO4/c12-9-5-8(1-2-10(13)14)16-11(9)7-3-4-15-6-7/h5,7H,1-4,6H2,(H,13,14). The molecule has 0 saturated carbocycles. The maximum absolute atomic E-state index is 10.4. The van der Waals surface area contributed by atoms with Crippen molar-refractivity contribution in [1.82, 2.24) is 0 Å². The molecule has 1 unspecified atom stereocenters. The Morgan fingerprint density at radius 3 is 3.06 bits per heavy atom. The predicted octanol–water partition coefficient (Wildman–Crippen LogP) is 2.45. The van der Waals surface area contributed by atoms with Crippen LogP contribution in [0.3, 0.4) is 0 Å². The van der Waals surface area contributed by atoms with Gasteiger partial charge in [-0.05, 0) is 12.5 Å². The Kier molecular flexibility index (Phi) is 3.51. The lowest BCUT2D eigenvalue weighted by molar-refractivity contribution is -0.137. The molecule has 1 fully saturated rings. The molecule has 0 spiro atoms. The van der Waals surface area contributed by atoms with Crippen molar-refractivity contribution >= 4 is 17.6 Å². The highest BCUT2D eigenvalue weighted by Gasteiger charge is 2.24. The Morgan fingerprint density at radius 2 is 2.44 bits per heavy atom. The molecule has 0 amide bonds. The molecule has 1 aromatic rings. The number of carbonyl (C=O) groups is 1. The minimum absolute atomic E-state index is 0.0600. The Hall–Kier alpha value is -1.00. The number of carboxylic acids is 1. The number of rotatable bonds is 4. The summed E-state index contributed by atoms with van der Waals surface area (Å²) in [5.74, 6) is 0.748. The Morgan fingerprint density at radius 1 is 1.62 bits per heavy atom. The monoisotopic (exact) mass is 244 g/mol. The number of furan rings is 1. The molecule has 4 nitrogen and oxygen atoms in total. The van der Waals surface area contributed by atoms with Gasteiger partial charge in [0.25, 0.3) is 0 Å². The fourth-order valence-electron chi connectivity index (χ4n) is 1.80. The summed E-state index contributed by atoms with van der Waals surface area (Å²) in [7, 11) is 0. The average molecular weight is 245 g/mol. The summed E-state index contributed by atoms with van der Waals surface area (Å²) < 4.78 is 10.8. The lowest BCUT2D eigenvalue weighted by Crippen LogP contribution is -1.97. The number of aryl methyl sites for hydroxylation is 1. The minimum Gasteiger partial charge on any atom is -0.481 e. The summed E-state index contributed by atoms with van der Waals surface area (Å²) in [5.41, 5.74) is 0. The van der Waals surface area contributed by atoms with Crippen LogP contribution in [-0.2, 0) is 16.0 Å². The van der Waals surface area contributed by atoms with Crippen molar-refractivity contribution in [2.24, 2.45) is 0 Å². The van der Waals surface area contributed by atoms with Gasteiger partial charge in [-0.25, -0.2) is 0 Å².